The molecule has 1 aromatic heterocycles. The summed E-state index contributed by atoms with van der Waals surface area (Å²) in [6.07, 6.45) is 0. The molecular formula is C13H15NO2. The van der Waals surface area contributed by atoms with E-state index < -0.39 is 0 Å². The van der Waals surface area contributed by atoms with E-state index in [1.807, 2.05) is 44.1 Å². The van der Waals surface area contributed by atoms with Crippen molar-refractivity contribution >= 4 is 11.0 Å². The van der Waals surface area contributed by atoms with E-state index in [2.05, 4.69) is 0 Å². The number of rotatable bonds is 2. The number of nitrogens with zero attached hydrogens (tertiary/aromatic N) is 1. The zero-order chi connectivity index (χ0) is 11.7. The normalized spacial score (nSPS) is 11.2. The summed E-state index contributed by atoms with van der Waals surface area (Å²) in [5.41, 5.74) is 2.49. The lowest BCUT2D eigenvalue weighted by molar-refractivity contribution is 0.402. The van der Waals surface area contributed by atoms with Gasteiger partial charge in [0.2, 0.25) is 0 Å². The molecule has 0 N–H and O–H groups in total. The van der Waals surface area contributed by atoms with Crippen LogP contribution in [0.5, 0.6) is 0 Å². The quantitative estimate of drug-likeness (QED) is 0.723. The molecule has 0 amide bonds. The molecule has 0 aliphatic rings. The molecule has 0 saturated heterocycles. The van der Waals surface area contributed by atoms with Gasteiger partial charge >= 0.3 is 5.63 Å². The molecule has 1 heterocycles. The Morgan fingerprint density at radius 2 is 2.00 bits per heavy atom. The van der Waals surface area contributed by atoms with Crippen LogP contribution in [0.25, 0.3) is 11.0 Å². The molecule has 3 heteroatoms. The van der Waals surface area contributed by atoms with E-state index in [0.29, 0.717) is 5.58 Å². The molecule has 0 fully saturated rings. The molecule has 0 bridgehead atoms. The van der Waals surface area contributed by atoms with E-state index in [1.165, 1.54) is 0 Å². The Bertz CT molecular complexity index is 570. The van der Waals surface area contributed by atoms with Crippen molar-refractivity contribution in [1.82, 2.24) is 4.90 Å². The van der Waals surface area contributed by atoms with Gasteiger partial charge in [-0.25, -0.2) is 4.79 Å². The average Bonchev–Trinajstić information content (AvgIpc) is 2.15. The first-order chi connectivity index (χ1) is 7.56. The summed E-state index contributed by atoms with van der Waals surface area (Å²) < 4.78 is 5.19. The number of benzene rings is 1. The predicted molar refractivity (Wildman–Crippen MR) is 64.6 cm³/mol. The molecular weight excluding hydrogens is 202 g/mol. The maximum absolute atomic E-state index is 11.4. The summed E-state index contributed by atoms with van der Waals surface area (Å²) in [5.74, 6) is 0. The van der Waals surface area contributed by atoms with Crippen LogP contribution in [0.2, 0.25) is 0 Å². The minimum atomic E-state index is -0.282. The van der Waals surface area contributed by atoms with E-state index in [-0.39, 0.29) is 5.63 Å². The Kier molecular flexibility index (Phi) is 2.79. The fourth-order valence-corrected chi connectivity index (χ4v) is 1.81. The van der Waals surface area contributed by atoms with Gasteiger partial charge < -0.3 is 9.32 Å². The van der Waals surface area contributed by atoms with Gasteiger partial charge in [0.15, 0.2) is 0 Å². The first-order valence-electron chi connectivity index (χ1n) is 5.24. The van der Waals surface area contributed by atoms with E-state index >= 15 is 0 Å². The first kappa shape index (κ1) is 10.9. The third-order valence-electron chi connectivity index (χ3n) is 2.47. The lowest BCUT2D eigenvalue weighted by Crippen LogP contribution is -2.13. The minimum absolute atomic E-state index is 0.282. The summed E-state index contributed by atoms with van der Waals surface area (Å²) in [4.78, 5) is 13.4. The lowest BCUT2D eigenvalue weighted by Gasteiger charge is -2.11. The molecule has 16 heavy (non-hydrogen) atoms. The van der Waals surface area contributed by atoms with Crippen molar-refractivity contribution < 1.29 is 4.42 Å². The summed E-state index contributed by atoms with van der Waals surface area (Å²) in [5, 5.41) is 1.01. The van der Waals surface area contributed by atoms with E-state index in [1.54, 1.807) is 6.07 Å². The summed E-state index contributed by atoms with van der Waals surface area (Å²) >= 11 is 0. The second-order valence-corrected chi connectivity index (χ2v) is 4.33. The van der Waals surface area contributed by atoms with Gasteiger partial charge in [0.05, 0.1) is 0 Å². The van der Waals surface area contributed by atoms with Crippen molar-refractivity contribution in [3.63, 3.8) is 0 Å². The van der Waals surface area contributed by atoms with Crippen molar-refractivity contribution in [2.75, 3.05) is 14.1 Å². The molecule has 0 atom stereocenters. The van der Waals surface area contributed by atoms with E-state index in [4.69, 9.17) is 4.42 Å². The molecule has 0 aliphatic carbocycles. The largest absolute Gasteiger partial charge is 0.423 e. The Balaban J connectivity index is 2.68. The van der Waals surface area contributed by atoms with Gasteiger partial charge in [0.1, 0.15) is 5.58 Å². The van der Waals surface area contributed by atoms with Crippen LogP contribution < -0.4 is 5.63 Å². The van der Waals surface area contributed by atoms with Crippen LogP contribution in [0.15, 0.2) is 33.5 Å². The molecule has 84 valence electrons. The van der Waals surface area contributed by atoms with Gasteiger partial charge in [-0.05, 0) is 38.2 Å². The molecule has 2 aromatic rings. The molecule has 2 rings (SSSR count). The molecule has 0 unspecified atom stereocenters. The van der Waals surface area contributed by atoms with Crippen LogP contribution >= 0.6 is 0 Å². The molecule has 0 spiro atoms. The molecule has 0 aliphatic heterocycles. The predicted octanol–water partition coefficient (Wildman–Crippen LogP) is 2.16. The standard InChI is InChI=1S/C13H15NO2/c1-9-4-5-11-10(8-14(2)3)7-13(15)16-12(11)6-9/h4-7H,8H2,1-3H3. The second-order valence-electron chi connectivity index (χ2n) is 4.33. The third-order valence-corrected chi connectivity index (χ3v) is 2.47. The average molecular weight is 217 g/mol. The van der Waals surface area contributed by atoms with Crippen LogP contribution in [-0.4, -0.2) is 19.0 Å². The van der Waals surface area contributed by atoms with E-state index in [9.17, 15) is 4.79 Å². The monoisotopic (exact) mass is 217 g/mol. The van der Waals surface area contributed by atoms with Crippen molar-refractivity contribution in [3.8, 4) is 0 Å². The maximum atomic E-state index is 11.4. The highest BCUT2D eigenvalue weighted by atomic mass is 16.4. The van der Waals surface area contributed by atoms with Gasteiger partial charge in [-0.2, -0.15) is 0 Å². The highest BCUT2D eigenvalue weighted by Crippen LogP contribution is 2.19. The zero-order valence-electron chi connectivity index (χ0n) is 9.78. The van der Waals surface area contributed by atoms with Gasteiger partial charge in [-0.15, -0.1) is 0 Å². The van der Waals surface area contributed by atoms with Gasteiger partial charge in [-0.1, -0.05) is 12.1 Å². The molecule has 1 aromatic carbocycles. The Morgan fingerprint density at radius 1 is 1.25 bits per heavy atom. The highest BCUT2D eigenvalue weighted by Gasteiger charge is 2.06. The summed E-state index contributed by atoms with van der Waals surface area (Å²) in [7, 11) is 3.96. The number of fused-ring (bicyclic) bond motifs is 1. The number of aryl methyl sites for hydroxylation is 1. The minimum Gasteiger partial charge on any atom is -0.423 e. The lowest BCUT2D eigenvalue weighted by atomic mass is 10.1. The SMILES string of the molecule is Cc1ccc2c(CN(C)C)cc(=O)oc2c1. The van der Waals surface area contributed by atoms with Crippen LogP contribution in [0.1, 0.15) is 11.1 Å². The fraction of sp³-hybridized carbons (Fsp3) is 0.308. The van der Waals surface area contributed by atoms with Crippen LogP contribution in [-0.2, 0) is 6.54 Å². The smallest absolute Gasteiger partial charge is 0.336 e. The van der Waals surface area contributed by atoms with Gasteiger partial charge in [0, 0.05) is 18.0 Å². The first-order valence-corrected chi connectivity index (χ1v) is 5.24. The van der Waals surface area contributed by atoms with Crippen LogP contribution in [0.3, 0.4) is 0 Å². The van der Waals surface area contributed by atoms with Gasteiger partial charge in [0.25, 0.3) is 0 Å². The zero-order valence-corrected chi connectivity index (χ0v) is 9.78. The Hall–Kier alpha value is -1.61. The van der Waals surface area contributed by atoms with Crippen LogP contribution in [0, 0.1) is 6.92 Å². The molecule has 0 radical (unpaired) electrons. The fourth-order valence-electron chi connectivity index (χ4n) is 1.81. The number of hydrogen-bond acceptors (Lipinski definition) is 3. The van der Waals surface area contributed by atoms with Crippen LogP contribution in [0.4, 0.5) is 0 Å². The topological polar surface area (TPSA) is 33.5 Å². The Morgan fingerprint density at radius 3 is 2.69 bits per heavy atom. The molecule has 3 nitrogen and oxygen atoms in total. The van der Waals surface area contributed by atoms with Gasteiger partial charge in [-0.3, -0.25) is 0 Å². The summed E-state index contributed by atoms with van der Waals surface area (Å²) in [6.45, 7) is 2.73. The maximum Gasteiger partial charge on any atom is 0.336 e. The second kappa shape index (κ2) is 4.10. The number of hydrogen-bond donors (Lipinski definition) is 0. The van der Waals surface area contributed by atoms with Crippen molar-refractivity contribution in [1.29, 1.82) is 0 Å². The third kappa shape index (κ3) is 2.14. The Labute approximate surface area is 94.3 Å². The summed E-state index contributed by atoms with van der Waals surface area (Å²) in [6, 6.07) is 7.50. The molecule has 0 saturated carbocycles. The van der Waals surface area contributed by atoms with Crippen molar-refractivity contribution in [2.24, 2.45) is 0 Å². The van der Waals surface area contributed by atoms with Crippen molar-refractivity contribution in [3.05, 3.63) is 45.8 Å². The van der Waals surface area contributed by atoms with Crippen molar-refractivity contribution in [2.45, 2.75) is 13.5 Å². The van der Waals surface area contributed by atoms with E-state index in [0.717, 1.165) is 23.1 Å². The highest BCUT2D eigenvalue weighted by molar-refractivity contribution is 5.80.